The van der Waals surface area contributed by atoms with Crippen LogP contribution in [0.25, 0.3) is 0 Å². The summed E-state index contributed by atoms with van der Waals surface area (Å²) in [6.07, 6.45) is 1.96. The van der Waals surface area contributed by atoms with Gasteiger partial charge in [-0.2, -0.15) is 0 Å². The molecule has 0 aliphatic carbocycles. The van der Waals surface area contributed by atoms with Gasteiger partial charge in [0.05, 0.1) is 10.6 Å². The first-order valence-corrected chi connectivity index (χ1v) is 7.43. The van der Waals surface area contributed by atoms with Gasteiger partial charge in [0, 0.05) is 5.69 Å². The maximum atomic E-state index is 13.4. The average molecular weight is 345 g/mol. The molecule has 1 aliphatic heterocycles. The minimum Gasteiger partial charge on any atom is -0.368 e. The van der Waals surface area contributed by atoms with Crippen LogP contribution in [-0.4, -0.2) is 31.7 Å². The molecule has 1 saturated heterocycles. The summed E-state index contributed by atoms with van der Waals surface area (Å²) in [6.45, 7) is 3.65. The highest BCUT2D eigenvalue weighted by atomic mass is 79.9. The van der Waals surface area contributed by atoms with Crippen molar-refractivity contribution in [2.75, 3.05) is 25.0 Å². The van der Waals surface area contributed by atoms with Crippen molar-refractivity contribution in [3.05, 3.63) is 28.0 Å². The van der Waals surface area contributed by atoms with Gasteiger partial charge in [0.15, 0.2) is 0 Å². The summed E-state index contributed by atoms with van der Waals surface area (Å²) in [7, 11) is 0. The van der Waals surface area contributed by atoms with Crippen LogP contribution in [0.3, 0.4) is 0 Å². The van der Waals surface area contributed by atoms with Gasteiger partial charge in [-0.1, -0.05) is 0 Å². The summed E-state index contributed by atoms with van der Waals surface area (Å²) < 4.78 is 19.4. The van der Waals surface area contributed by atoms with Crippen LogP contribution in [0.15, 0.2) is 16.6 Å². The molecule has 2 N–H and O–H groups in total. The lowest BCUT2D eigenvalue weighted by molar-refractivity contribution is -0.123. The van der Waals surface area contributed by atoms with E-state index in [0.717, 1.165) is 31.5 Å². The molecule has 0 aromatic heterocycles. The number of hydrogen-bond donors (Lipinski definition) is 2. The maximum Gasteiger partial charge on any atom is 0.250 e. The SMILES string of the molecule is Cc1cc(Br)c(F)cc1NC(=O)COC1CCNCC1. The molecular formula is C14H18BrFN2O2. The Morgan fingerprint density at radius 3 is 2.90 bits per heavy atom. The van der Waals surface area contributed by atoms with Crippen LogP contribution in [0.5, 0.6) is 0 Å². The lowest BCUT2D eigenvalue weighted by Gasteiger charge is -2.22. The third-order valence-corrected chi connectivity index (χ3v) is 3.89. The Morgan fingerprint density at radius 2 is 2.20 bits per heavy atom. The molecule has 1 heterocycles. The van der Waals surface area contributed by atoms with Gasteiger partial charge in [0.1, 0.15) is 12.4 Å². The minimum atomic E-state index is -0.398. The molecule has 110 valence electrons. The smallest absolute Gasteiger partial charge is 0.250 e. The molecule has 1 aromatic carbocycles. The normalized spacial score (nSPS) is 16.1. The van der Waals surface area contributed by atoms with E-state index in [9.17, 15) is 9.18 Å². The fourth-order valence-corrected chi connectivity index (χ4v) is 2.58. The molecule has 6 heteroatoms. The number of carbonyl (C=O) groups excluding carboxylic acids is 1. The number of ether oxygens (including phenoxy) is 1. The first-order valence-electron chi connectivity index (χ1n) is 6.64. The molecule has 0 unspecified atom stereocenters. The Kier molecular flexibility index (Phi) is 5.51. The van der Waals surface area contributed by atoms with Gasteiger partial charge in [0.2, 0.25) is 5.91 Å². The summed E-state index contributed by atoms with van der Waals surface area (Å²) in [6, 6.07) is 2.94. The van der Waals surface area contributed by atoms with Gasteiger partial charge in [-0.3, -0.25) is 4.79 Å². The summed E-state index contributed by atoms with van der Waals surface area (Å²) in [5, 5.41) is 5.91. The first kappa shape index (κ1) is 15.4. The van der Waals surface area contributed by atoms with Crippen LogP contribution in [-0.2, 0) is 9.53 Å². The van der Waals surface area contributed by atoms with Crippen molar-refractivity contribution in [2.24, 2.45) is 0 Å². The van der Waals surface area contributed by atoms with Crippen molar-refractivity contribution < 1.29 is 13.9 Å². The lowest BCUT2D eigenvalue weighted by Crippen LogP contribution is -2.34. The fourth-order valence-electron chi connectivity index (χ4n) is 2.12. The quantitative estimate of drug-likeness (QED) is 0.882. The second kappa shape index (κ2) is 7.15. The number of benzene rings is 1. The van der Waals surface area contributed by atoms with E-state index in [-0.39, 0.29) is 18.6 Å². The predicted molar refractivity (Wildman–Crippen MR) is 79.3 cm³/mol. The van der Waals surface area contributed by atoms with E-state index in [1.165, 1.54) is 6.07 Å². The average Bonchev–Trinajstić information content (AvgIpc) is 2.44. The van der Waals surface area contributed by atoms with E-state index in [1.54, 1.807) is 6.07 Å². The highest BCUT2D eigenvalue weighted by Gasteiger charge is 2.15. The number of piperidine rings is 1. The molecule has 2 rings (SSSR count). The molecule has 0 atom stereocenters. The third-order valence-electron chi connectivity index (χ3n) is 3.28. The zero-order valence-electron chi connectivity index (χ0n) is 11.3. The van der Waals surface area contributed by atoms with Crippen LogP contribution < -0.4 is 10.6 Å². The Hall–Kier alpha value is -0.980. The molecule has 4 nitrogen and oxygen atoms in total. The largest absolute Gasteiger partial charge is 0.368 e. The Morgan fingerprint density at radius 1 is 1.50 bits per heavy atom. The first-order chi connectivity index (χ1) is 9.56. The maximum absolute atomic E-state index is 13.4. The van der Waals surface area contributed by atoms with Crippen molar-refractivity contribution in [2.45, 2.75) is 25.9 Å². The van der Waals surface area contributed by atoms with Crippen LogP contribution >= 0.6 is 15.9 Å². The molecular weight excluding hydrogens is 327 g/mol. The van der Waals surface area contributed by atoms with Crippen molar-refractivity contribution in [1.29, 1.82) is 0 Å². The summed E-state index contributed by atoms with van der Waals surface area (Å²) in [4.78, 5) is 11.8. The van der Waals surface area contributed by atoms with Gasteiger partial charge < -0.3 is 15.4 Å². The third kappa shape index (κ3) is 4.26. The van der Waals surface area contributed by atoms with Crippen LogP contribution in [0.4, 0.5) is 10.1 Å². The van der Waals surface area contributed by atoms with Crippen molar-refractivity contribution in [1.82, 2.24) is 5.32 Å². The number of hydrogen-bond acceptors (Lipinski definition) is 3. The minimum absolute atomic E-state index is 0.00178. The van der Waals surface area contributed by atoms with Gasteiger partial charge in [0.25, 0.3) is 0 Å². The van der Waals surface area contributed by atoms with Crippen LogP contribution in [0.2, 0.25) is 0 Å². The molecule has 1 fully saturated rings. The number of rotatable bonds is 4. The van der Waals surface area contributed by atoms with Gasteiger partial charge >= 0.3 is 0 Å². The number of carbonyl (C=O) groups is 1. The van der Waals surface area contributed by atoms with E-state index in [2.05, 4.69) is 26.6 Å². The van der Waals surface area contributed by atoms with Crippen LogP contribution in [0.1, 0.15) is 18.4 Å². The molecule has 0 radical (unpaired) electrons. The second-order valence-electron chi connectivity index (χ2n) is 4.89. The molecule has 0 bridgehead atoms. The molecule has 1 aliphatic rings. The van der Waals surface area contributed by atoms with Gasteiger partial charge in [-0.15, -0.1) is 0 Å². The van der Waals surface area contributed by atoms with Crippen LogP contribution in [0, 0.1) is 12.7 Å². The van der Waals surface area contributed by atoms with E-state index >= 15 is 0 Å². The zero-order valence-corrected chi connectivity index (χ0v) is 12.9. The van der Waals surface area contributed by atoms with Crippen molar-refractivity contribution >= 4 is 27.5 Å². The fraction of sp³-hybridized carbons (Fsp3) is 0.500. The van der Waals surface area contributed by atoms with E-state index < -0.39 is 5.82 Å². The number of halogens is 2. The Balaban J connectivity index is 1.86. The van der Waals surface area contributed by atoms with E-state index in [4.69, 9.17) is 4.74 Å². The molecule has 1 aromatic rings. The topological polar surface area (TPSA) is 50.4 Å². The summed E-state index contributed by atoms with van der Waals surface area (Å²) >= 11 is 3.11. The number of nitrogens with one attached hydrogen (secondary N) is 2. The molecule has 1 amide bonds. The zero-order chi connectivity index (χ0) is 14.5. The molecule has 0 spiro atoms. The number of aryl methyl sites for hydroxylation is 1. The monoisotopic (exact) mass is 344 g/mol. The highest BCUT2D eigenvalue weighted by molar-refractivity contribution is 9.10. The van der Waals surface area contributed by atoms with Crippen molar-refractivity contribution in [3.8, 4) is 0 Å². The standard InChI is InChI=1S/C14H18BrFN2O2/c1-9-6-11(15)12(16)7-13(9)18-14(19)8-20-10-2-4-17-5-3-10/h6-7,10,17H,2-5,8H2,1H3,(H,18,19). The summed E-state index contributed by atoms with van der Waals surface area (Å²) in [5.74, 6) is -0.654. The Bertz CT molecular complexity index is 490. The Labute approximate surface area is 126 Å². The highest BCUT2D eigenvalue weighted by Crippen LogP contribution is 2.23. The summed E-state index contributed by atoms with van der Waals surface area (Å²) in [5.41, 5.74) is 1.28. The predicted octanol–water partition coefficient (Wildman–Crippen LogP) is 2.60. The lowest BCUT2D eigenvalue weighted by atomic mass is 10.1. The number of anilines is 1. The van der Waals surface area contributed by atoms with Gasteiger partial charge in [-0.05, 0) is 66.5 Å². The second-order valence-corrected chi connectivity index (χ2v) is 5.74. The molecule has 20 heavy (non-hydrogen) atoms. The number of amides is 1. The molecule has 0 saturated carbocycles. The van der Waals surface area contributed by atoms with E-state index in [0.29, 0.717) is 10.2 Å². The van der Waals surface area contributed by atoms with E-state index in [1.807, 2.05) is 6.92 Å². The van der Waals surface area contributed by atoms with Gasteiger partial charge in [-0.25, -0.2) is 4.39 Å². The van der Waals surface area contributed by atoms with Crippen molar-refractivity contribution in [3.63, 3.8) is 0 Å².